The number of nitrogens with zero attached hydrogens (tertiary/aromatic N) is 3. The average Bonchev–Trinajstić information content (AvgIpc) is 2.97. The highest BCUT2D eigenvalue weighted by molar-refractivity contribution is 6.47. The van der Waals surface area contributed by atoms with Crippen LogP contribution in [0.15, 0.2) is 54.1 Å². The third-order valence-electron chi connectivity index (χ3n) is 4.63. The molecule has 158 valence electrons. The maximum absolute atomic E-state index is 12.7. The van der Waals surface area contributed by atoms with Gasteiger partial charge in [-0.25, -0.2) is 0 Å². The van der Waals surface area contributed by atoms with Crippen LogP contribution < -0.4 is 0 Å². The maximum Gasteiger partial charge on any atom is 0.323 e. The Bertz CT molecular complexity index is 1150. The Labute approximate surface area is 172 Å². The number of non-ortho nitro benzene ring substituents is 1. The number of para-hydroxylation sites is 1. The summed E-state index contributed by atoms with van der Waals surface area (Å²) >= 11 is 0. The van der Waals surface area contributed by atoms with E-state index >= 15 is 0 Å². The molecule has 1 saturated heterocycles. The minimum Gasteiger partial charge on any atom is -0.507 e. The number of aliphatic hydroxyl groups is 1. The van der Waals surface area contributed by atoms with Gasteiger partial charge in [0.25, 0.3) is 23.1 Å². The minimum atomic E-state index is -1.55. The van der Waals surface area contributed by atoms with Gasteiger partial charge < -0.3 is 15.1 Å². The summed E-state index contributed by atoms with van der Waals surface area (Å²) in [6.07, 6.45) is 0. The number of hydrogen-bond donors (Lipinski definition) is 2. The van der Waals surface area contributed by atoms with Gasteiger partial charge in [-0.2, -0.15) is 0 Å². The van der Waals surface area contributed by atoms with Crippen LogP contribution in [-0.2, 0) is 14.4 Å². The van der Waals surface area contributed by atoms with Gasteiger partial charge in [0.15, 0.2) is 0 Å². The summed E-state index contributed by atoms with van der Waals surface area (Å²) in [5, 5.41) is 42.2. The molecular weight excluding hydrogens is 414 g/mol. The lowest BCUT2D eigenvalue weighted by Crippen LogP contribution is -2.34. The van der Waals surface area contributed by atoms with Crippen LogP contribution >= 0.6 is 0 Å². The van der Waals surface area contributed by atoms with Crippen molar-refractivity contribution >= 4 is 34.8 Å². The molecule has 1 amide bonds. The van der Waals surface area contributed by atoms with Crippen molar-refractivity contribution in [1.82, 2.24) is 4.90 Å². The summed E-state index contributed by atoms with van der Waals surface area (Å²) in [7, 11) is 0. The van der Waals surface area contributed by atoms with E-state index in [1.165, 1.54) is 18.2 Å². The van der Waals surface area contributed by atoms with Crippen molar-refractivity contribution in [2.75, 3.05) is 6.54 Å². The molecule has 1 heterocycles. The number of nitro benzene ring substituents is 2. The van der Waals surface area contributed by atoms with Gasteiger partial charge in [-0.05, 0) is 18.2 Å². The summed E-state index contributed by atoms with van der Waals surface area (Å²) in [5.74, 6) is -4.71. The fourth-order valence-electron chi connectivity index (χ4n) is 3.29. The number of likely N-dealkylation sites (tertiary alicyclic amines) is 1. The monoisotopic (exact) mass is 427 g/mol. The fourth-order valence-corrected chi connectivity index (χ4v) is 3.29. The third-order valence-corrected chi connectivity index (χ3v) is 4.63. The Balaban J connectivity index is 2.25. The highest BCUT2D eigenvalue weighted by Crippen LogP contribution is 2.42. The van der Waals surface area contributed by atoms with Crippen molar-refractivity contribution in [3.8, 4) is 0 Å². The molecular formula is C19H13N3O9. The van der Waals surface area contributed by atoms with E-state index in [1.54, 1.807) is 0 Å². The van der Waals surface area contributed by atoms with E-state index in [4.69, 9.17) is 5.11 Å². The maximum atomic E-state index is 12.7. The second-order valence-electron chi connectivity index (χ2n) is 6.44. The molecule has 2 aromatic carbocycles. The van der Waals surface area contributed by atoms with Crippen molar-refractivity contribution in [2.45, 2.75) is 6.04 Å². The number of ketones is 1. The number of carbonyl (C=O) groups is 3. The predicted molar refractivity (Wildman–Crippen MR) is 103 cm³/mol. The first kappa shape index (κ1) is 21.1. The lowest BCUT2D eigenvalue weighted by atomic mass is 9.94. The van der Waals surface area contributed by atoms with Crippen molar-refractivity contribution in [3.63, 3.8) is 0 Å². The SMILES string of the molecule is O=C(O)CN1C(=O)C(=O)/C(=C(/O)c2ccc([N+](=O)[O-])cc2)[C@H]1c1ccccc1[N+](=O)[O-]. The van der Waals surface area contributed by atoms with E-state index in [2.05, 4.69) is 0 Å². The second-order valence-corrected chi connectivity index (χ2v) is 6.44. The van der Waals surface area contributed by atoms with Crippen LogP contribution in [0.4, 0.5) is 11.4 Å². The number of aliphatic hydroxyl groups excluding tert-OH is 1. The van der Waals surface area contributed by atoms with Gasteiger partial charge in [-0.1, -0.05) is 12.1 Å². The third kappa shape index (κ3) is 3.81. The molecule has 0 saturated carbocycles. The van der Waals surface area contributed by atoms with E-state index in [1.807, 2.05) is 0 Å². The number of nitro groups is 2. The Morgan fingerprint density at radius 2 is 1.58 bits per heavy atom. The molecule has 31 heavy (non-hydrogen) atoms. The van der Waals surface area contributed by atoms with Gasteiger partial charge >= 0.3 is 5.97 Å². The number of amides is 1. The summed E-state index contributed by atoms with van der Waals surface area (Å²) < 4.78 is 0. The molecule has 3 rings (SSSR count). The smallest absolute Gasteiger partial charge is 0.323 e. The molecule has 1 aliphatic rings. The van der Waals surface area contributed by atoms with Gasteiger partial charge in [0.1, 0.15) is 12.3 Å². The van der Waals surface area contributed by atoms with Crippen LogP contribution in [0.1, 0.15) is 17.2 Å². The first-order chi connectivity index (χ1) is 14.6. The zero-order valence-electron chi connectivity index (χ0n) is 15.5. The van der Waals surface area contributed by atoms with Crippen molar-refractivity contribution in [1.29, 1.82) is 0 Å². The molecule has 12 nitrogen and oxygen atoms in total. The van der Waals surface area contributed by atoms with Gasteiger partial charge in [-0.3, -0.25) is 34.6 Å². The normalized spacial score (nSPS) is 17.5. The van der Waals surface area contributed by atoms with E-state index in [0.717, 1.165) is 30.3 Å². The molecule has 0 aromatic heterocycles. The van der Waals surface area contributed by atoms with E-state index in [0.29, 0.717) is 4.90 Å². The molecule has 0 unspecified atom stereocenters. The lowest BCUT2D eigenvalue weighted by molar-refractivity contribution is -0.385. The van der Waals surface area contributed by atoms with E-state index in [9.17, 15) is 39.7 Å². The predicted octanol–water partition coefficient (Wildman–Crippen LogP) is 2.01. The standard InChI is InChI=1S/C19H13N3O9/c23-14(24)9-20-16(12-3-1-2-4-13(12)22(30)31)15(18(26)19(20)27)17(25)10-5-7-11(8-6-10)21(28)29/h1-8,16,25H,9H2,(H,23,24)/b17-15+/t16-/m1/s1. The first-order valence-corrected chi connectivity index (χ1v) is 8.61. The second kappa shape index (κ2) is 8.02. The Kier molecular flexibility index (Phi) is 5.46. The van der Waals surface area contributed by atoms with Crippen LogP contribution in [0, 0.1) is 20.2 Å². The van der Waals surface area contributed by atoms with Crippen LogP contribution in [0.5, 0.6) is 0 Å². The minimum absolute atomic E-state index is 0.0671. The zero-order valence-corrected chi connectivity index (χ0v) is 15.5. The van der Waals surface area contributed by atoms with Gasteiger partial charge in [-0.15, -0.1) is 0 Å². The molecule has 1 fully saturated rings. The molecule has 12 heteroatoms. The summed E-state index contributed by atoms with van der Waals surface area (Å²) in [6, 6.07) is 7.94. The van der Waals surface area contributed by atoms with E-state index < -0.39 is 57.1 Å². The van der Waals surface area contributed by atoms with Crippen molar-refractivity contribution < 1.29 is 34.4 Å². The summed E-state index contributed by atoms with van der Waals surface area (Å²) in [5.41, 5.74) is -1.58. The highest BCUT2D eigenvalue weighted by atomic mass is 16.6. The molecule has 0 aliphatic carbocycles. The van der Waals surface area contributed by atoms with Gasteiger partial charge in [0, 0.05) is 23.8 Å². The van der Waals surface area contributed by atoms with Crippen molar-refractivity contribution in [2.24, 2.45) is 0 Å². The molecule has 0 spiro atoms. The van der Waals surface area contributed by atoms with Gasteiger partial charge in [0.05, 0.1) is 27.0 Å². The largest absolute Gasteiger partial charge is 0.507 e. The topological polar surface area (TPSA) is 181 Å². The van der Waals surface area contributed by atoms with E-state index in [-0.39, 0.29) is 16.8 Å². The van der Waals surface area contributed by atoms with Crippen LogP contribution in [-0.4, -0.2) is 49.2 Å². The molecule has 1 atom stereocenters. The number of Topliss-reactive ketones (excluding diaryl/α,β-unsaturated/α-hetero) is 1. The number of carbonyl (C=O) groups excluding carboxylic acids is 2. The lowest BCUT2D eigenvalue weighted by Gasteiger charge is -2.23. The molecule has 2 N–H and O–H groups in total. The fraction of sp³-hybridized carbons (Fsp3) is 0.105. The zero-order chi connectivity index (χ0) is 22.9. The molecule has 0 radical (unpaired) electrons. The Morgan fingerprint density at radius 3 is 2.13 bits per heavy atom. The summed E-state index contributed by atoms with van der Waals surface area (Å²) in [6.45, 7) is -0.946. The number of carboxylic acids is 1. The average molecular weight is 427 g/mol. The Hall–Kier alpha value is -4.61. The molecule has 2 aromatic rings. The first-order valence-electron chi connectivity index (χ1n) is 8.61. The highest BCUT2D eigenvalue weighted by Gasteiger charge is 2.48. The number of rotatable bonds is 6. The summed E-state index contributed by atoms with van der Waals surface area (Å²) in [4.78, 5) is 57.9. The number of aliphatic carboxylic acids is 1. The number of hydrogen-bond acceptors (Lipinski definition) is 8. The van der Waals surface area contributed by atoms with Gasteiger partial charge in [0.2, 0.25) is 0 Å². The quantitative estimate of drug-likeness (QED) is 0.229. The number of benzene rings is 2. The molecule has 0 bridgehead atoms. The van der Waals surface area contributed by atoms with Crippen LogP contribution in [0.3, 0.4) is 0 Å². The van der Waals surface area contributed by atoms with Crippen LogP contribution in [0.2, 0.25) is 0 Å². The molecule has 1 aliphatic heterocycles. The van der Waals surface area contributed by atoms with Crippen molar-refractivity contribution in [3.05, 3.63) is 85.5 Å². The number of carboxylic acid groups (broad SMARTS) is 1. The Morgan fingerprint density at radius 1 is 0.968 bits per heavy atom. The van der Waals surface area contributed by atoms with Crippen LogP contribution in [0.25, 0.3) is 5.76 Å².